The van der Waals surface area contributed by atoms with Crippen LogP contribution >= 0.6 is 0 Å². The lowest BCUT2D eigenvalue weighted by molar-refractivity contribution is -0.117. The fourth-order valence-corrected chi connectivity index (χ4v) is 2.62. The van der Waals surface area contributed by atoms with Gasteiger partial charge in [0.15, 0.2) is 0 Å². The van der Waals surface area contributed by atoms with Gasteiger partial charge in [0, 0.05) is 24.7 Å². The van der Waals surface area contributed by atoms with E-state index in [0.29, 0.717) is 18.0 Å². The van der Waals surface area contributed by atoms with Gasteiger partial charge in [0.05, 0.1) is 0 Å². The van der Waals surface area contributed by atoms with E-state index in [1.54, 1.807) is 12.1 Å². The number of nitrogens with zero attached hydrogens (tertiary/aromatic N) is 1. The van der Waals surface area contributed by atoms with Crippen molar-refractivity contribution in [1.82, 2.24) is 4.90 Å². The van der Waals surface area contributed by atoms with Crippen molar-refractivity contribution in [3.05, 3.63) is 24.3 Å². The van der Waals surface area contributed by atoms with Crippen LogP contribution in [0.4, 0.5) is 11.4 Å². The molecule has 0 aromatic heterocycles. The molecule has 5 nitrogen and oxygen atoms in total. The van der Waals surface area contributed by atoms with Gasteiger partial charge >= 0.3 is 0 Å². The summed E-state index contributed by atoms with van der Waals surface area (Å²) in [5, 5.41) is 5.62. The first-order chi connectivity index (χ1) is 10.0. The Labute approximate surface area is 125 Å². The number of carbonyl (C=O) groups is 2. The second-order valence-corrected chi connectivity index (χ2v) is 5.76. The summed E-state index contributed by atoms with van der Waals surface area (Å²) in [6, 6.07) is 7.22. The van der Waals surface area contributed by atoms with E-state index in [0.717, 1.165) is 31.6 Å². The van der Waals surface area contributed by atoms with Gasteiger partial charge in [0.2, 0.25) is 11.8 Å². The Bertz CT molecular complexity index is 508. The van der Waals surface area contributed by atoms with Gasteiger partial charge in [-0.25, -0.2) is 0 Å². The molecule has 0 atom stereocenters. The number of nitrogens with one attached hydrogen (secondary N) is 2. The first kappa shape index (κ1) is 15.5. The maximum absolute atomic E-state index is 12.1. The van der Waals surface area contributed by atoms with Gasteiger partial charge in [-0.05, 0) is 57.1 Å². The number of piperidine rings is 1. The van der Waals surface area contributed by atoms with Gasteiger partial charge in [-0.1, -0.05) is 6.07 Å². The molecule has 0 saturated carbocycles. The standard InChI is InChI=1S/C16H23N3O2/c1-12(20)17-14-4-3-5-15(11-14)18-16(21)10-13-6-8-19(2)9-7-13/h3-5,11,13H,6-10H2,1-2H3,(H,17,20)(H,18,21). The largest absolute Gasteiger partial charge is 0.326 e. The van der Waals surface area contributed by atoms with Crippen molar-refractivity contribution in [2.45, 2.75) is 26.2 Å². The van der Waals surface area contributed by atoms with Crippen molar-refractivity contribution in [2.75, 3.05) is 30.8 Å². The molecule has 1 aliphatic rings. The molecule has 0 radical (unpaired) electrons. The molecule has 2 N–H and O–H groups in total. The van der Waals surface area contributed by atoms with E-state index in [9.17, 15) is 9.59 Å². The molecule has 0 aliphatic carbocycles. The molecular weight excluding hydrogens is 266 g/mol. The minimum atomic E-state index is -0.121. The third kappa shape index (κ3) is 5.19. The summed E-state index contributed by atoms with van der Waals surface area (Å²) < 4.78 is 0. The second-order valence-electron chi connectivity index (χ2n) is 5.76. The molecule has 0 spiro atoms. The summed E-state index contributed by atoms with van der Waals surface area (Å²) in [5.74, 6) is 0.397. The minimum absolute atomic E-state index is 0.0459. The van der Waals surface area contributed by atoms with Crippen LogP contribution in [0.1, 0.15) is 26.2 Å². The Morgan fingerprint density at radius 3 is 2.43 bits per heavy atom. The molecule has 0 bridgehead atoms. The lowest BCUT2D eigenvalue weighted by Crippen LogP contribution is -2.31. The van der Waals surface area contributed by atoms with Crippen LogP contribution in [0.3, 0.4) is 0 Å². The van der Waals surface area contributed by atoms with Crippen molar-refractivity contribution in [3.8, 4) is 0 Å². The predicted molar refractivity (Wildman–Crippen MR) is 84.2 cm³/mol. The first-order valence-corrected chi connectivity index (χ1v) is 7.39. The van der Waals surface area contributed by atoms with Gasteiger partial charge in [0.25, 0.3) is 0 Å². The summed E-state index contributed by atoms with van der Waals surface area (Å²) in [6.07, 6.45) is 2.73. The van der Waals surface area contributed by atoms with E-state index < -0.39 is 0 Å². The molecule has 2 rings (SSSR count). The zero-order valence-corrected chi connectivity index (χ0v) is 12.7. The highest BCUT2D eigenvalue weighted by Crippen LogP contribution is 2.21. The molecule has 1 aromatic rings. The lowest BCUT2D eigenvalue weighted by Gasteiger charge is -2.28. The van der Waals surface area contributed by atoms with Crippen molar-refractivity contribution >= 4 is 23.2 Å². The van der Waals surface area contributed by atoms with Crippen LogP contribution in [-0.2, 0) is 9.59 Å². The van der Waals surface area contributed by atoms with Crippen LogP contribution in [-0.4, -0.2) is 36.9 Å². The molecule has 1 saturated heterocycles. The molecule has 1 heterocycles. The molecular formula is C16H23N3O2. The van der Waals surface area contributed by atoms with E-state index in [4.69, 9.17) is 0 Å². The van der Waals surface area contributed by atoms with Crippen LogP contribution in [0, 0.1) is 5.92 Å². The van der Waals surface area contributed by atoms with Crippen molar-refractivity contribution in [1.29, 1.82) is 0 Å². The zero-order valence-electron chi connectivity index (χ0n) is 12.7. The number of anilines is 2. The van der Waals surface area contributed by atoms with Gasteiger partial charge in [-0.2, -0.15) is 0 Å². The molecule has 5 heteroatoms. The number of hydrogen-bond acceptors (Lipinski definition) is 3. The van der Waals surface area contributed by atoms with Gasteiger partial charge in [-0.3, -0.25) is 9.59 Å². The summed E-state index contributed by atoms with van der Waals surface area (Å²) in [5.41, 5.74) is 1.42. The average molecular weight is 289 g/mol. The molecule has 2 amide bonds. The maximum atomic E-state index is 12.1. The fourth-order valence-electron chi connectivity index (χ4n) is 2.62. The van der Waals surface area contributed by atoms with Crippen molar-refractivity contribution in [3.63, 3.8) is 0 Å². The van der Waals surface area contributed by atoms with E-state index in [2.05, 4.69) is 22.6 Å². The highest BCUT2D eigenvalue weighted by atomic mass is 16.2. The maximum Gasteiger partial charge on any atom is 0.224 e. The molecule has 1 aromatic carbocycles. The van der Waals surface area contributed by atoms with Crippen LogP contribution in [0.25, 0.3) is 0 Å². The van der Waals surface area contributed by atoms with E-state index in [1.165, 1.54) is 6.92 Å². The van der Waals surface area contributed by atoms with Gasteiger partial charge in [-0.15, -0.1) is 0 Å². The van der Waals surface area contributed by atoms with Crippen LogP contribution in [0.2, 0.25) is 0 Å². The third-order valence-electron chi connectivity index (χ3n) is 3.78. The SMILES string of the molecule is CC(=O)Nc1cccc(NC(=O)CC2CCN(C)CC2)c1. The van der Waals surface area contributed by atoms with E-state index in [-0.39, 0.29) is 11.8 Å². The monoisotopic (exact) mass is 289 g/mol. The number of amides is 2. The number of carbonyl (C=O) groups excluding carboxylic acids is 2. The number of likely N-dealkylation sites (tertiary alicyclic amines) is 1. The van der Waals surface area contributed by atoms with E-state index in [1.807, 2.05) is 12.1 Å². The van der Waals surface area contributed by atoms with Crippen molar-refractivity contribution in [2.24, 2.45) is 5.92 Å². The van der Waals surface area contributed by atoms with Crippen LogP contribution in [0.15, 0.2) is 24.3 Å². The molecule has 0 unspecified atom stereocenters. The fraction of sp³-hybridized carbons (Fsp3) is 0.500. The Kier molecular flexibility index (Phi) is 5.33. The molecule has 1 aliphatic heterocycles. The second kappa shape index (κ2) is 7.22. The Hall–Kier alpha value is -1.88. The molecule has 114 valence electrons. The lowest BCUT2D eigenvalue weighted by atomic mass is 9.93. The number of hydrogen-bond donors (Lipinski definition) is 2. The van der Waals surface area contributed by atoms with Crippen LogP contribution < -0.4 is 10.6 Å². The van der Waals surface area contributed by atoms with Gasteiger partial charge in [0.1, 0.15) is 0 Å². The highest BCUT2D eigenvalue weighted by molar-refractivity contribution is 5.93. The summed E-state index contributed by atoms with van der Waals surface area (Å²) in [7, 11) is 2.11. The minimum Gasteiger partial charge on any atom is -0.326 e. The Morgan fingerprint density at radius 1 is 1.19 bits per heavy atom. The molecule has 1 fully saturated rings. The highest BCUT2D eigenvalue weighted by Gasteiger charge is 2.19. The summed E-state index contributed by atoms with van der Waals surface area (Å²) >= 11 is 0. The molecule has 21 heavy (non-hydrogen) atoms. The average Bonchev–Trinajstić information content (AvgIpc) is 2.41. The summed E-state index contributed by atoms with van der Waals surface area (Å²) in [6.45, 7) is 3.59. The first-order valence-electron chi connectivity index (χ1n) is 7.39. The van der Waals surface area contributed by atoms with Crippen molar-refractivity contribution < 1.29 is 9.59 Å². The topological polar surface area (TPSA) is 61.4 Å². The normalized spacial score (nSPS) is 16.5. The Morgan fingerprint density at radius 2 is 1.81 bits per heavy atom. The summed E-state index contributed by atoms with van der Waals surface area (Å²) in [4.78, 5) is 25.4. The predicted octanol–water partition coefficient (Wildman–Crippen LogP) is 2.32. The quantitative estimate of drug-likeness (QED) is 0.894. The smallest absolute Gasteiger partial charge is 0.224 e. The number of rotatable bonds is 4. The zero-order chi connectivity index (χ0) is 15.2. The van der Waals surface area contributed by atoms with E-state index >= 15 is 0 Å². The third-order valence-corrected chi connectivity index (χ3v) is 3.78. The van der Waals surface area contributed by atoms with Gasteiger partial charge < -0.3 is 15.5 Å². The number of benzene rings is 1. The van der Waals surface area contributed by atoms with Crippen LogP contribution in [0.5, 0.6) is 0 Å². The Balaban J connectivity index is 1.86.